The van der Waals surface area contributed by atoms with Crippen molar-refractivity contribution in [1.29, 1.82) is 0 Å². The minimum absolute atomic E-state index is 0.00821. The average molecular weight is 407 g/mol. The van der Waals surface area contributed by atoms with Gasteiger partial charge in [0.2, 0.25) is 0 Å². The van der Waals surface area contributed by atoms with Crippen molar-refractivity contribution in [2.24, 2.45) is 0 Å². The van der Waals surface area contributed by atoms with Gasteiger partial charge < -0.3 is 15.0 Å². The highest BCUT2D eigenvalue weighted by molar-refractivity contribution is 6.42. The SMILES string of the molecule is O=C(NC1CCN(C(=O)c2ccc(Cl)c(Cl)c2)CC1)OCc1ccccc1. The van der Waals surface area contributed by atoms with Gasteiger partial charge in [0.1, 0.15) is 6.61 Å². The first-order valence-corrected chi connectivity index (χ1v) is 9.50. The fourth-order valence-corrected chi connectivity index (χ4v) is 3.27. The number of benzene rings is 2. The molecule has 142 valence electrons. The van der Waals surface area contributed by atoms with E-state index in [0.29, 0.717) is 41.5 Å². The Bertz CT molecular complexity index is 806. The van der Waals surface area contributed by atoms with Gasteiger partial charge in [0.05, 0.1) is 10.0 Å². The summed E-state index contributed by atoms with van der Waals surface area (Å²) in [6, 6.07) is 14.4. The lowest BCUT2D eigenvalue weighted by Gasteiger charge is -2.32. The fourth-order valence-electron chi connectivity index (χ4n) is 2.97. The summed E-state index contributed by atoms with van der Waals surface area (Å²) in [6.07, 6.45) is 0.911. The molecular formula is C20H20Cl2N2O3. The van der Waals surface area contributed by atoms with Crippen LogP contribution >= 0.6 is 23.2 Å². The van der Waals surface area contributed by atoms with Crippen LogP contribution in [0.2, 0.25) is 10.0 Å². The molecule has 7 heteroatoms. The number of carbonyl (C=O) groups is 2. The third-order valence-corrected chi connectivity index (χ3v) is 5.22. The molecule has 0 spiro atoms. The second-order valence-corrected chi connectivity index (χ2v) is 7.22. The van der Waals surface area contributed by atoms with E-state index in [1.165, 1.54) is 0 Å². The summed E-state index contributed by atoms with van der Waals surface area (Å²) in [5, 5.41) is 3.65. The molecule has 0 unspecified atom stereocenters. The van der Waals surface area contributed by atoms with Crippen LogP contribution in [0.3, 0.4) is 0 Å². The summed E-state index contributed by atoms with van der Waals surface area (Å²) in [5.41, 5.74) is 1.45. The summed E-state index contributed by atoms with van der Waals surface area (Å²) in [6.45, 7) is 1.35. The Morgan fingerprint density at radius 1 is 1.04 bits per heavy atom. The normalized spacial score (nSPS) is 14.7. The zero-order chi connectivity index (χ0) is 19.2. The van der Waals surface area contributed by atoms with Gasteiger partial charge in [-0.1, -0.05) is 53.5 Å². The predicted octanol–water partition coefficient (Wildman–Crippen LogP) is 4.52. The van der Waals surface area contributed by atoms with Gasteiger partial charge in [-0.2, -0.15) is 0 Å². The molecule has 0 atom stereocenters. The van der Waals surface area contributed by atoms with Crippen LogP contribution in [0.1, 0.15) is 28.8 Å². The molecule has 0 aliphatic carbocycles. The van der Waals surface area contributed by atoms with Crippen LogP contribution in [-0.2, 0) is 11.3 Å². The minimum atomic E-state index is -0.437. The van der Waals surface area contributed by atoms with Crippen molar-refractivity contribution in [3.05, 3.63) is 69.7 Å². The van der Waals surface area contributed by atoms with E-state index < -0.39 is 6.09 Å². The molecule has 5 nitrogen and oxygen atoms in total. The van der Waals surface area contributed by atoms with Crippen molar-refractivity contribution >= 4 is 35.2 Å². The highest BCUT2D eigenvalue weighted by Crippen LogP contribution is 2.24. The topological polar surface area (TPSA) is 58.6 Å². The van der Waals surface area contributed by atoms with Gasteiger partial charge >= 0.3 is 6.09 Å². The number of carbonyl (C=O) groups excluding carboxylic acids is 2. The van der Waals surface area contributed by atoms with Gasteiger partial charge in [0.15, 0.2) is 0 Å². The van der Waals surface area contributed by atoms with Crippen molar-refractivity contribution in [1.82, 2.24) is 10.2 Å². The number of piperidine rings is 1. The number of rotatable bonds is 4. The number of halogens is 2. The number of nitrogens with one attached hydrogen (secondary N) is 1. The Hall–Kier alpha value is -2.24. The summed E-state index contributed by atoms with van der Waals surface area (Å²) < 4.78 is 5.24. The van der Waals surface area contributed by atoms with Crippen molar-refractivity contribution in [2.75, 3.05) is 13.1 Å². The van der Waals surface area contributed by atoms with Gasteiger partial charge in [-0.25, -0.2) is 4.79 Å². The van der Waals surface area contributed by atoms with E-state index in [4.69, 9.17) is 27.9 Å². The van der Waals surface area contributed by atoms with Crippen molar-refractivity contribution in [2.45, 2.75) is 25.5 Å². The second kappa shape index (κ2) is 9.11. The third-order valence-electron chi connectivity index (χ3n) is 4.48. The quantitative estimate of drug-likeness (QED) is 0.811. The molecule has 1 saturated heterocycles. The predicted molar refractivity (Wildman–Crippen MR) is 105 cm³/mol. The van der Waals surface area contributed by atoms with E-state index in [0.717, 1.165) is 5.56 Å². The number of alkyl carbamates (subject to hydrolysis) is 1. The van der Waals surface area contributed by atoms with Crippen LogP contribution in [0, 0.1) is 0 Å². The molecule has 1 aliphatic rings. The van der Waals surface area contributed by atoms with Crippen LogP contribution in [0.4, 0.5) is 4.79 Å². The molecule has 1 N–H and O–H groups in total. The number of nitrogens with zero attached hydrogens (tertiary/aromatic N) is 1. The highest BCUT2D eigenvalue weighted by atomic mass is 35.5. The van der Waals surface area contributed by atoms with E-state index in [2.05, 4.69) is 5.32 Å². The molecule has 1 heterocycles. The summed E-state index contributed by atoms with van der Waals surface area (Å²) in [7, 11) is 0. The summed E-state index contributed by atoms with van der Waals surface area (Å²) in [4.78, 5) is 26.3. The number of ether oxygens (including phenoxy) is 1. The number of amides is 2. The van der Waals surface area contributed by atoms with E-state index in [9.17, 15) is 9.59 Å². The molecular weight excluding hydrogens is 387 g/mol. The average Bonchev–Trinajstić information content (AvgIpc) is 2.69. The van der Waals surface area contributed by atoms with Crippen molar-refractivity contribution in [3.8, 4) is 0 Å². The zero-order valence-electron chi connectivity index (χ0n) is 14.7. The molecule has 2 aromatic rings. The summed E-state index contributed by atoms with van der Waals surface area (Å²) >= 11 is 11.9. The Morgan fingerprint density at radius 3 is 2.41 bits per heavy atom. The molecule has 0 radical (unpaired) electrons. The second-order valence-electron chi connectivity index (χ2n) is 6.40. The minimum Gasteiger partial charge on any atom is -0.445 e. The lowest BCUT2D eigenvalue weighted by Crippen LogP contribution is -2.46. The Labute approximate surface area is 168 Å². The number of hydrogen-bond acceptors (Lipinski definition) is 3. The first kappa shape index (κ1) is 19.5. The molecule has 2 aromatic carbocycles. The maximum atomic E-state index is 12.6. The molecule has 0 aromatic heterocycles. The van der Waals surface area contributed by atoms with Gasteiger partial charge in [-0.3, -0.25) is 4.79 Å². The lowest BCUT2D eigenvalue weighted by molar-refractivity contribution is 0.0701. The van der Waals surface area contributed by atoms with Crippen LogP contribution in [0.15, 0.2) is 48.5 Å². The van der Waals surface area contributed by atoms with Crippen molar-refractivity contribution in [3.63, 3.8) is 0 Å². The zero-order valence-corrected chi connectivity index (χ0v) is 16.2. The molecule has 3 rings (SSSR count). The first-order valence-electron chi connectivity index (χ1n) is 8.74. The van der Waals surface area contributed by atoms with Crippen LogP contribution < -0.4 is 5.32 Å². The maximum Gasteiger partial charge on any atom is 0.407 e. The van der Waals surface area contributed by atoms with E-state index in [1.54, 1.807) is 23.1 Å². The fraction of sp³-hybridized carbons (Fsp3) is 0.300. The molecule has 27 heavy (non-hydrogen) atoms. The molecule has 2 amide bonds. The Kier molecular flexibility index (Phi) is 6.58. The molecule has 1 fully saturated rings. The van der Waals surface area contributed by atoms with Gasteiger partial charge in [0, 0.05) is 24.7 Å². The number of hydrogen-bond donors (Lipinski definition) is 1. The highest BCUT2D eigenvalue weighted by Gasteiger charge is 2.25. The third kappa shape index (κ3) is 5.37. The molecule has 0 bridgehead atoms. The van der Waals surface area contributed by atoms with Crippen molar-refractivity contribution < 1.29 is 14.3 Å². The Morgan fingerprint density at radius 2 is 1.74 bits per heavy atom. The van der Waals surface area contributed by atoms with Crippen LogP contribution in [-0.4, -0.2) is 36.0 Å². The molecule has 1 aliphatic heterocycles. The van der Waals surface area contributed by atoms with E-state index in [-0.39, 0.29) is 18.6 Å². The standard InChI is InChI=1S/C20H20Cl2N2O3/c21-17-7-6-15(12-18(17)22)19(25)24-10-8-16(9-11-24)23-20(26)27-13-14-4-2-1-3-5-14/h1-7,12,16H,8-11,13H2,(H,23,26). The Balaban J connectivity index is 1.45. The smallest absolute Gasteiger partial charge is 0.407 e. The first-order chi connectivity index (χ1) is 13.0. The largest absolute Gasteiger partial charge is 0.445 e. The van der Waals surface area contributed by atoms with E-state index >= 15 is 0 Å². The number of likely N-dealkylation sites (tertiary alicyclic amines) is 1. The van der Waals surface area contributed by atoms with Crippen LogP contribution in [0.25, 0.3) is 0 Å². The summed E-state index contributed by atoms with van der Waals surface area (Å²) in [5.74, 6) is -0.0846. The lowest BCUT2D eigenvalue weighted by atomic mass is 10.0. The van der Waals surface area contributed by atoms with E-state index in [1.807, 2.05) is 30.3 Å². The monoisotopic (exact) mass is 406 g/mol. The maximum absolute atomic E-state index is 12.6. The van der Waals surface area contributed by atoms with Gasteiger partial charge in [-0.05, 0) is 36.6 Å². The van der Waals surface area contributed by atoms with Gasteiger partial charge in [-0.15, -0.1) is 0 Å². The van der Waals surface area contributed by atoms with Gasteiger partial charge in [0.25, 0.3) is 5.91 Å². The van der Waals surface area contributed by atoms with Crippen LogP contribution in [0.5, 0.6) is 0 Å². The molecule has 0 saturated carbocycles.